The fourth-order valence-corrected chi connectivity index (χ4v) is 7.24. The second-order valence-electron chi connectivity index (χ2n) is 21.3. The topological polar surface area (TPSA) is 188 Å². The van der Waals surface area contributed by atoms with Crippen LogP contribution >= 0.6 is 0 Å². The van der Waals surface area contributed by atoms with Gasteiger partial charge in [0, 0.05) is 101 Å². The van der Waals surface area contributed by atoms with E-state index in [0.717, 1.165) is 75.4 Å². The van der Waals surface area contributed by atoms with Crippen molar-refractivity contribution in [3.63, 3.8) is 0 Å². The van der Waals surface area contributed by atoms with Crippen LogP contribution < -0.4 is 21.7 Å². The van der Waals surface area contributed by atoms with Crippen molar-refractivity contribution < 1.29 is 38.1 Å². The second-order valence-corrected chi connectivity index (χ2v) is 21.3. The van der Waals surface area contributed by atoms with Crippen molar-refractivity contribution in [3.8, 4) is 0 Å². The van der Waals surface area contributed by atoms with Gasteiger partial charge in [0.15, 0.2) is 0 Å². The number of carbonyl (C=O) groups is 4. The number of nitrogens with zero attached hydrogens (tertiary/aromatic N) is 3. The van der Waals surface area contributed by atoms with Crippen molar-refractivity contribution in [1.29, 1.82) is 0 Å². The largest absolute Gasteiger partial charge is 0.461 e. The molecular formula is C57H93N7O8. The number of imidazole rings is 1. The summed E-state index contributed by atoms with van der Waals surface area (Å²) in [6, 6.07) is 7.58. The van der Waals surface area contributed by atoms with Gasteiger partial charge in [-0.3, -0.25) is 0 Å². The maximum absolute atomic E-state index is 11.5. The lowest BCUT2D eigenvalue weighted by atomic mass is 9.81. The van der Waals surface area contributed by atoms with Crippen LogP contribution in [0, 0.1) is 11.8 Å². The molecule has 0 amide bonds. The Bertz CT molecular complexity index is 2060. The summed E-state index contributed by atoms with van der Waals surface area (Å²) >= 11 is 0. The van der Waals surface area contributed by atoms with E-state index in [1.54, 1.807) is 46.3 Å². The van der Waals surface area contributed by atoms with Crippen LogP contribution in [0.25, 0.3) is 11.8 Å². The number of hydrogen-bond acceptors (Lipinski definition) is 14. The van der Waals surface area contributed by atoms with Crippen molar-refractivity contribution in [2.75, 3.05) is 59.2 Å². The highest BCUT2D eigenvalue weighted by atomic mass is 16.6. The zero-order valence-electron chi connectivity index (χ0n) is 46.8. The smallest absolute Gasteiger partial charge is 0.333 e. The maximum atomic E-state index is 11.5. The number of benzene rings is 1. The number of ether oxygens (including phenoxy) is 4. The van der Waals surface area contributed by atoms with Crippen LogP contribution in [-0.2, 0) is 38.1 Å². The Hall–Kier alpha value is -5.61. The highest BCUT2D eigenvalue weighted by molar-refractivity contribution is 5.88. The number of piperidine rings is 2. The number of allylic oxidation sites excluding steroid dienone is 1. The number of rotatable bonds is 14. The van der Waals surface area contributed by atoms with Gasteiger partial charge in [0.1, 0.15) is 23.9 Å². The van der Waals surface area contributed by atoms with Gasteiger partial charge >= 0.3 is 23.9 Å². The predicted octanol–water partition coefficient (Wildman–Crippen LogP) is 9.36. The molecule has 404 valence electrons. The Kier molecular flexibility index (Phi) is 29.3. The number of nitrogens with two attached hydrogens (primary N) is 1. The zero-order valence-corrected chi connectivity index (χ0v) is 46.8. The zero-order chi connectivity index (χ0) is 55.6. The quantitative estimate of drug-likeness (QED) is 0.0607. The van der Waals surface area contributed by atoms with E-state index in [9.17, 15) is 19.2 Å². The SMILES string of the molecule is C=C(C)C(=O)OC(C)(C)C1CCNCC1.C=C(C)C(=O)OC(C)(C)C1CNC1.C=C(C)C(=O)OC1CC(C)(C)NC(C)(C)C1.C=C(C)C(=O)OCCN(C)C.C=C(C)n1ccnc1.C=Cc1ccc(N)cc1. The van der Waals surface area contributed by atoms with E-state index >= 15 is 0 Å². The minimum absolute atomic E-state index is 0.00176. The fourth-order valence-electron chi connectivity index (χ4n) is 7.24. The first-order valence-electron chi connectivity index (χ1n) is 24.6. The molecule has 0 spiro atoms. The second kappa shape index (κ2) is 31.8. The summed E-state index contributed by atoms with van der Waals surface area (Å²) in [5.41, 5.74) is 9.42. The van der Waals surface area contributed by atoms with Crippen molar-refractivity contribution in [3.05, 3.63) is 110 Å². The standard InChI is InChI=1S/C13H23NO2.C12H21NO2.C10H17NO2.C8H15NO2.C8H9N.C6H8N2/c1-9(2)11(15)16-10-7-12(3,4)14-13(5,6)8-10;1-9(2)11(14)15-12(3,4)10-5-7-13-8-6-10;1-7(2)9(12)13-10(3,4)8-5-11-6-8;1-7(2)8(10)11-6-5-9(3)4;1-2-7-3-5-8(9)6-4-7;1-6(2)8-4-3-7-5-8/h10,14H,1,7-8H2,2-6H3;10,13H,1,5-8H2,2-4H3;8,11H,1,5-6H2,2-4H3;1,5-6H2,2-4H3;2-6H,1,9H2;3-5H,1H2,2H3. The first-order chi connectivity index (χ1) is 33.1. The molecule has 4 heterocycles. The number of likely N-dealkylation sites (N-methyl/N-ethyl adjacent to an activating group) is 1. The first-order valence-corrected chi connectivity index (χ1v) is 24.6. The van der Waals surface area contributed by atoms with Gasteiger partial charge in [-0.1, -0.05) is 57.7 Å². The van der Waals surface area contributed by atoms with E-state index in [1.807, 2.05) is 88.6 Å². The molecule has 15 heteroatoms. The third-order valence-corrected chi connectivity index (χ3v) is 11.5. The van der Waals surface area contributed by atoms with Crippen LogP contribution in [0.3, 0.4) is 0 Å². The molecule has 15 nitrogen and oxygen atoms in total. The molecule has 0 unspecified atom stereocenters. The van der Waals surface area contributed by atoms with E-state index in [2.05, 4.69) is 88.1 Å². The normalized spacial score (nSPS) is 16.0. The molecule has 0 radical (unpaired) electrons. The monoisotopic (exact) mass is 1000 g/mol. The highest BCUT2D eigenvalue weighted by Gasteiger charge is 2.40. The molecule has 5 N–H and O–H groups in total. The molecule has 3 fully saturated rings. The highest BCUT2D eigenvalue weighted by Crippen LogP contribution is 2.31. The summed E-state index contributed by atoms with van der Waals surface area (Å²) < 4.78 is 22.9. The number of nitrogens with one attached hydrogen (secondary N) is 3. The molecule has 2 aromatic rings. The average molecular weight is 1000 g/mol. The van der Waals surface area contributed by atoms with Crippen molar-refractivity contribution in [2.45, 2.75) is 144 Å². The molecule has 0 bridgehead atoms. The Morgan fingerprint density at radius 3 is 1.56 bits per heavy atom. The minimum Gasteiger partial charge on any atom is -0.461 e. The molecule has 0 aliphatic carbocycles. The third kappa shape index (κ3) is 28.4. The van der Waals surface area contributed by atoms with E-state index in [-0.39, 0.29) is 52.3 Å². The van der Waals surface area contributed by atoms with Crippen LogP contribution in [0.2, 0.25) is 0 Å². The van der Waals surface area contributed by atoms with Gasteiger partial charge < -0.3 is 50.1 Å². The summed E-state index contributed by atoms with van der Waals surface area (Å²) in [7, 11) is 3.85. The summed E-state index contributed by atoms with van der Waals surface area (Å²) in [5, 5.41) is 10.0. The fraction of sp³-hybridized carbons (Fsp3) is 0.561. The van der Waals surface area contributed by atoms with Crippen molar-refractivity contribution in [2.24, 2.45) is 11.8 Å². The van der Waals surface area contributed by atoms with E-state index in [1.165, 1.54) is 0 Å². The predicted molar refractivity (Wildman–Crippen MR) is 296 cm³/mol. The van der Waals surface area contributed by atoms with Gasteiger partial charge in [0.25, 0.3) is 0 Å². The number of nitrogen functional groups attached to an aromatic ring is 1. The van der Waals surface area contributed by atoms with Crippen LogP contribution in [0.4, 0.5) is 5.69 Å². The van der Waals surface area contributed by atoms with E-state index in [4.69, 9.17) is 24.7 Å². The average Bonchev–Trinajstić information content (AvgIpc) is 3.79. The molecule has 3 saturated heterocycles. The number of esters is 4. The molecule has 3 aliphatic heterocycles. The molecule has 1 aromatic carbocycles. The van der Waals surface area contributed by atoms with Crippen molar-refractivity contribution >= 4 is 41.3 Å². The third-order valence-electron chi connectivity index (χ3n) is 11.5. The summed E-state index contributed by atoms with van der Waals surface area (Å²) in [4.78, 5) is 50.8. The molecule has 0 saturated carbocycles. The Labute approximate surface area is 433 Å². The number of carbonyl (C=O) groups excluding carboxylic acids is 4. The van der Waals surface area contributed by atoms with Gasteiger partial charge in [-0.05, 0) is 148 Å². The molecular weight excluding hydrogens is 911 g/mol. The number of hydrogen-bond donors (Lipinski definition) is 4. The van der Waals surface area contributed by atoms with E-state index < -0.39 is 0 Å². The maximum Gasteiger partial charge on any atom is 0.333 e. The Balaban J connectivity index is 0.000000853. The van der Waals surface area contributed by atoms with Gasteiger partial charge in [0.2, 0.25) is 0 Å². The van der Waals surface area contributed by atoms with Gasteiger partial charge in [-0.2, -0.15) is 0 Å². The van der Waals surface area contributed by atoms with Gasteiger partial charge in [0.05, 0.1) is 6.33 Å². The van der Waals surface area contributed by atoms with Gasteiger partial charge in [-0.25, -0.2) is 24.2 Å². The van der Waals surface area contributed by atoms with Gasteiger partial charge in [-0.15, -0.1) is 0 Å². The number of anilines is 1. The van der Waals surface area contributed by atoms with Crippen LogP contribution in [0.5, 0.6) is 0 Å². The summed E-state index contributed by atoms with van der Waals surface area (Å²) in [6.45, 7) is 51.6. The lowest BCUT2D eigenvalue weighted by Gasteiger charge is -2.45. The lowest BCUT2D eigenvalue weighted by Crippen LogP contribution is -2.59. The van der Waals surface area contributed by atoms with Crippen LogP contribution in [0.1, 0.15) is 121 Å². The Morgan fingerprint density at radius 1 is 0.750 bits per heavy atom. The van der Waals surface area contributed by atoms with Crippen LogP contribution in [-0.4, -0.2) is 120 Å². The molecule has 3 aliphatic rings. The van der Waals surface area contributed by atoms with Crippen molar-refractivity contribution in [1.82, 2.24) is 30.4 Å². The molecule has 5 rings (SSSR count). The lowest BCUT2D eigenvalue weighted by molar-refractivity contribution is -0.159. The summed E-state index contributed by atoms with van der Waals surface area (Å²) in [6.07, 6.45) is 10.9. The minimum atomic E-state index is -0.377. The molecule has 0 atom stereocenters. The Morgan fingerprint density at radius 2 is 1.21 bits per heavy atom. The first kappa shape index (κ1) is 66.4. The number of aromatic nitrogens is 2. The van der Waals surface area contributed by atoms with E-state index in [0.29, 0.717) is 40.7 Å². The van der Waals surface area contributed by atoms with Crippen LogP contribution in [0.15, 0.2) is 105 Å². The molecule has 1 aromatic heterocycles. The summed E-state index contributed by atoms with van der Waals surface area (Å²) in [5.74, 6) is -0.293. The molecule has 72 heavy (non-hydrogen) atoms.